The molecule has 1 atom stereocenters. The molecule has 2 aromatic rings. The summed E-state index contributed by atoms with van der Waals surface area (Å²) < 4.78 is 5.06. The lowest BCUT2D eigenvalue weighted by Crippen LogP contribution is -2.15. The summed E-state index contributed by atoms with van der Waals surface area (Å²) in [4.78, 5) is 13.4. The van der Waals surface area contributed by atoms with Crippen LogP contribution in [0.4, 0.5) is 0 Å². The van der Waals surface area contributed by atoms with Gasteiger partial charge in [0.05, 0.1) is 7.11 Å². The number of ether oxygens (including phenoxy) is 1. The topological polar surface area (TPSA) is 73.9 Å². The summed E-state index contributed by atoms with van der Waals surface area (Å²) in [5.41, 5.74) is 10.0. The van der Waals surface area contributed by atoms with Crippen LogP contribution in [0.25, 0.3) is 0 Å². The number of hydrogen-bond donors (Lipinski definition) is 1. The fraction of sp³-hybridized carbons (Fsp3) is 0.438. The molecule has 0 bridgehead atoms. The predicted octanol–water partition coefficient (Wildman–Crippen LogP) is 2.15. The first kappa shape index (κ1) is 15.4. The van der Waals surface area contributed by atoms with Crippen LogP contribution in [0, 0.1) is 13.8 Å². The Morgan fingerprint density at radius 1 is 1.19 bits per heavy atom. The van der Waals surface area contributed by atoms with E-state index in [4.69, 9.17) is 10.5 Å². The standard InChI is InChI=1S/C16H22N4O/c1-10(8-17)16-11(2)19-14(20-12(16)3)7-13-5-6-15(21-4)18-9-13/h5-6,9-10H,7-8,17H2,1-4H3. The maximum Gasteiger partial charge on any atom is 0.212 e. The normalized spacial score (nSPS) is 12.2. The molecular formula is C16H22N4O. The van der Waals surface area contributed by atoms with Crippen LogP contribution >= 0.6 is 0 Å². The minimum atomic E-state index is 0.279. The maximum absolute atomic E-state index is 5.76. The van der Waals surface area contributed by atoms with Crippen LogP contribution < -0.4 is 10.5 Å². The van der Waals surface area contributed by atoms with Crippen LogP contribution in [0.15, 0.2) is 18.3 Å². The van der Waals surface area contributed by atoms with Gasteiger partial charge in [0.1, 0.15) is 5.82 Å². The molecule has 5 heteroatoms. The minimum absolute atomic E-state index is 0.279. The Balaban J connectivity index is 2.24. The van der Waals surface area contributed by atoms with Crippen molar-refractivity contribution in [1.82, 2.24) is 15.0 Å². The third-order valence-corrected chi connectivity index (χ3v) is 3.59. The molecule has 5 nitrogen and oxygen atoms in total. The number of methoxy groups -OCH3 is 1. The van der Waals surface area contributed by atoms with E-state index in [1.165, 1.54) is 0 Å². The fourth-order valence-electron chi connectivity index (χ4n) is 2.52. The SMILES string of the molecule is COc1ccc(Cc2nc(C)c(C(C)CN)c(C)n2)cn1. The Morgan fingerprint density at radius 3 is 2.33 bits per heavy atom. The molecule has 2 rings (SSSR count). The summed E-state index contributed by atoms with van der Waals surface area (Å²) in [5.74, 6) is 1.70. The van der Waals surface area contributed by atoms with E-state index in [2.05, 4.69) is 21.9 Å². The minimum Gasteiger partial charge on any atom is -0.481 e. The second-order valence-electron chi connectivity index (χ2n) is 5.25. The summed E-state index contributed by atoms with van der Waals surface area (Å²) in [6, 6.07) is 3.83. The van der Waals surface area contributed by atoms with Crippen LogP contribution in [0.5, 0.6) is 5.88 Å². The molecule has 0 radical (unpaired) electrons. The summed E-state index contributed by atoms with van der Waals surface area (Å²) in [6.07, 6.45) is 2.46. The van der Waals surface area contributed by atoms with Crippen molar-refractivity contribution in [1.29, 1.82) is 0 Å². The lowest BCUT2D eigenvalue weighted by atomic mass is 9.98. The monoisotopic (exact) mass is 286 g/mol. The molecule has 0 aromatic carbocycles. The third kappa shape index (κ3) is 3.55. The van der Waals surface area contributed by atoms with Gasteiger partial charge in [0.2, 0.25) is 5.88 Å². The van der Waals surface area contributed by atoms with E-state index in [0.717, 1.165) is 28.3 Å². The van der Waals surface area contributed by atoms with Gasteiger partial charge in [-0.05, 0) is 37.4 Å². The maximum atomic E-state index is 5.76. The number of hydrogen-bond acceptors (Lipinski definition) is 5. The Morgan fingerprint density at radius 2 is 1.86 bits per heavy atom. The molecule has 0 aliphatic carbocycles. The molecule has 1 unspecified atom stereocenters. The zero-order chi connectivity index (χ0) is 15.4. The molecule has 0 spiro atoms. The number of rotatable bonds is 5. The van der Waals surface area contributed by atoms with Crippen molar-refractivity contribution in [3.05, 3.63) is 46.7 Å². The van der Waals surface area contributed by atoms with Crippen LogP contribution in [0.2, 0.25) is 0 Å². The Labute approximate surface area is 125 Å². The van der Waals surface area contributed by atoms with Gasteiger partial charge in [-0.15, -0.1) is 0 Å². The quantitative estimate of drug-likeness (QED) is 0.911. The third-order valence-electron chi connectivity index (χ3n) is 3.59. The van der Waals surface area contributed by atoms with E-state index in [-0.39, 0.29) is 5.92 Å². The van der Waals surface area contributed by atoms with Crippen molar-refractivity contribution >= 4 is 0 Å². The zero-order valence-electron chi connectivity index (χ0n) is 13.1. The van der Waals surface area contributed by atoms with E-state index in [0.29, 0.717) is 18.8 Å². The van der Waals surface area contributed by atoms with Gasteiger partial charge in [0.15, 0.2) is 0 Å². The highest BCUT2D eigenvalue weighted by Gasteiger charge is 2.14. The largest absolute Gasteiger partial charge is 0.481 e. The second kappa shape index (κ2) is 6.63. The van der Waals surface area contributed by atoms with Gasteiger partial charge >= 0.3 is 0 Å². The van der Waals surface area contributed by atoms with Crippen LogP contribution in [-0.4, -0.2) is 28.6 Å². The smallest absolute Gasteiger partial charge is 0.212 e. The average Bonchev–Trinajstić information content (AvgIpc) is 2.47. The van der Waals surface area contributed by atoms with Gasteiger partial charge < -0.3 is 10.5 Å². The predicted molar refractivity (Wildman–Crippen MR) is 82.6 cm³/mol. The highest BCUT2D eigenvalue weighted by molar-refractivity contribution is 5.29. The lowest BCUT2D eigenvalue weighted by molar-refractivity contribution is 0.397. The molecule has 0 amide bonds. The number of aromatic nitrogens is 3. The first-order valence-electron chi connectivity index (χ1n) is 7.08. The number of nitrogens with zero attached hydrogens (tertiary/aromatic N) is 3. The Kier molecular flexibility index (Phi) is 4.85. The molecule has 21 heavy (non-hydrogen) atoms. The van der Waals surface area contributed by atoms with Gasteiger partial charge in [-0.2, -0.15) is 0 Å². The van der Waals surface area contributed by atoms with Gasteiger partial charge in [0.25, 0.3) is 0 Å². The first-order valence-corrected chi connectivity index (χ1v) is 7.08. The summed E-state index contributed by atoms with van der Waals surface area (Å²) in [6.45, 7) is 6.75. The van der Waals surface area contributed by atoms with E-state index < -0.39 is 0 Å². The molecule has 0 saturated carbocycles. The number of nitrogens with two attached hydrogens (primary N) is 1. The summed E-state index contributed by atoms with van der Waals surface area (Å²) >= 11 is 0. The summed E-state index contributed by atoms with van der Waals surface area (Å²) in [7, 11) is 1.61. The molecule has 0 aliphatic rings. The Bertz CT molecular complexity index is 587. The number of aryl methyl sites for hydroxylation is 2. The summed E-state index contributed by atoms with van der Waals surface area (Å²) in [5, 5.41) is 0. The fourth-order valence-corrected chi connectivity index (χ4v) is 2.52. The van der Waals surface area contributed by atoms with Crippen LogP contribution in [0.1, 0.15) is 41.2 Å². The Hall–Kier alpha value is -2.01. The van der Waals surface area contributed by atoms with E-state index in [9.17, 15) is 0 Å². The van der Waals surface area contributed by atoms with Crippen molar-refractivity contribution < 1.29 is 4.74 Å². The van der Waals surface area contributed by atoms with Gasteiger partial charge in [-0.3, -0.25) is 0 Å². The molecule has 112 valence electrons. The van der Waals surface area contributed by atoms with Crippen molar-refractivity contribution in [2.45, 2.75) is 33.1 Å². The second-order valence-corrected chi connectivity index (χ2v) is 5.25. The van der Waals surface area contributed by atoms with Crippen molar-refractivity contribution in [3.63, 3.8) is 0 Å². The van der Waals surface area contributed by atoms with Crippen molar-refractivity contribution in [3.8, 4) is 5.88 Å². The van der Waals surface area contributed by atoms with Gasteiger partial charge in [-0.25, -0.2) is 15.0 Å². The molecule has 0 saturated heterocycles. The van der Waals surface area contributed by atoms with Crippen LogP contribution in [0.3, 0.4) is 0 Å². The highest BCUT2D eigenvalue weighted by Crippen LogP contribution is 2.21. The lowest BCUT2D eigenvalue weighted by Gasteiger charge is -2.15. The average molecular weight is 286 g/mol. The molecule has 0 aliphatic heterocycles. The molecule has 2 aromatic heterocycles. The van der Waals surface area contributed by atoms with Crippen molar-refractivity contribution in [2.24, 2.45) is 5.73 Å². The van der Waals surface area contributed by atoms with E-state index in [1.807, 2.05) is 26.0 Å². The molecular weight excluding hydrogens is 264 g/mol. The zero-order valence-corrected chi connectivity index (χ0v) is 13.1. The van der Waals surface area contributed by atoms with Gasteiger partial charge in [-0.1, -0.05) is 13.0 Å². The van der Waals surface area contributed by atoms with Crippen molar-refractivity contribution in [2.75, 3.05) is 13.7 Å². The first-order chi connectivity index (χ1) is 10.0. The number of pyridine rings is 1. The molecule has 0 fully saturated rings. The molecule has 2 heterocycles. The molecule has 2 N–H and O–H groups in total. The van der Waals surface area contributed by atoms with Gasteiger partial charge in [0, 0.05) is 30.1 Å². The van der Waals surface area contributed by atoms with E-state index in [1.54, 1.807) is 13.3 Å². The van der Waals surface area contributed by atoms with E-state index >= 15 is 0 Å². The van der Waals surface area contributed by atoms with Crippen LogP contribution in [-0.2, 0) is 6.42 Å². The highest BCUT2D eigenvalue weighted by atomic mass is 16.5.